The number of furan rings is 1. The van der Waals surface area contributed by atoms with Crippen LogP contribution in [-0.2, 0) is 23.1 Å². The van der Waals surface area contributed by atoms with E-state index in [1.807, 2.05) is 38.2 Å². The van der Waals surface area contributed by atoms with E-state index >= 15 is 0 Å². The summed E-state index contributed by atoms with van der Waals surface area (Å²) in [5, 5.41) is 6.37. The fraction of sp³-hybridized carbons (Fsp3) is 0.450. The molecule has 1 fully saturated rings. The van der Waals surface area contributed by atoms with Crippen molar-refractivity contribution in [2.45, 2.75) is 24.9 Å². The molecule has 0 bridgehead atoms. The van der Waals surface area contributed by atoms with Gasteiger partial charge in [0.2, 0.25) is 10.0 Å². The van der Waals surface area contributed by atoms with E-state index in [2.05, 4.69) is 20.5 Å². The van der Waals surface area contributed by atoms with Crippen molar-refractivity contribution in [3.63, 3.8) is 0 Å². The van der Waals surface area contributed by atoms with Gasteiger partial charge in [-0.3, -0.25) is 0 Å². The molecule has 0 unspecified atom stereocenters. The SMILES string of the molecule is CCNC(=NCc1ccccc1S(=O)(=O)N1CCN(C)CC1)NCc1ccco1.I. The molecular formula is C20H30IN5O3S. The molecule has 0 amide bonds. The van der Waals surface area contributed by atoms with Crippen LogP contribution in [-0.4, -0.2) is 63.4 Å². The summed E-state index contributed by atoms with van der Waals surface area (Å²) in [5.74, 6) is 1.41. The Labute approximate surface area is 195 Å². The van der Waals surface area contributed by atoms with Crippen molar-refractivity contribution >= 4 is 40.0 Å². The van der Waals surface area contributed by atoms with Crippen LogP contribution in [0.3, 0.4) is 0 Å². The lowest BCUT2D eigenvalue weighted by atomic mass is 10.2. The van der Waals surface area contributed by atoms with E-state index in [-0.39, 0.29) is 30.5 Å². The predicted molar refractivity (Wildman–Crippen MR) is 128 cm³/mol. The Morgan fingerprint density at radius 1 is 1.10 bits per heavy atom. The first-order valence-corrected chi connectivity index (χ1v) is 11.3. The molecular weight excluding hydrogens is 517 g/mol. The topological polar surface area (TPSA) is 90.2 Å². The number of guanidine groups is 1. The van der Waals surface area contributed by atoms with Gasteiger partial charge in [-0.1, -0.05) is 18.2 Å². The fourth-order valence-corrected chi connectivity index (χ4v) is 4.78. The summed E-state index contributed by atoms with van der Waals surface area (Å²) < 4.78 is 33.3. The van der Waals surface area contributed by atoms with Gasteiger partial charge in [0.05, 0.1) is 24.2 Å². The Bertz CT molecular complexity index is 910. The number of nitrogens with zero attached hydrogens (tertiary/aromatic N) is 3. The van der Waals surface area contributed by atoms with Crippen molar-refractivity contribution in [2.75, 3.05) is 39.8 Å². The van der Waals surface area contributed by atoms with Gasteiger partial charge < -0.3 is 20.0 Å². The van der Waals surface area contributed by atoms with Gasteiger partial charge in [0.15, 0.2) is 5.96 Å². The zero-order valence-electron chi connectivity index (χ0n) is 17.4. The number of benzene rings is 1. The first-order chi connectivity index (χ1) is 14.0. The Morgan fingerprint density at radius 2 is 1.83 bits per heavy atom. The summed E-state index contributed by atoms with van der Waals surface area (Å²) in [6.07, 6.45) is 1.63. The molecule has 2 N–H and O–H groups in total. The molecule has 0 atom stereocenters. The highest BCUT2D eigenvalue weighted by Crippen LogP contribution is 2.22. The normalized spacial score (nSPS) is 16.1. The van der Waals surface area contributed by atoms with Gasteiger partial charge >= 0.3 is 0 Å². The van der Waals surface area contributed by atoms with Crippen molar-refractivity contribution in [1.82, 2.24) is 19.8 Å². The standard InChI is InChI=1S/C20H29N5O3S.HI/c1-3-21-20(23-16-18-8-6-14-28-18)22-15-17-7-4-5-9-19(17)29(26,27)25-12-10-24(2)11-13-25;/h4-9,14H,3,10-13,15-16H2,1-2H3,(H2,21,22,23);1H. The highest BCUT2D eigenvalue weighted by molar-refractivity contribution is 14.0. The largest absolute Gasteiger partial charge is 0.467 e. The zero-order valence-corrected chi connectivity index (χ0v) is 20.5. The smallest absolute Gasteiger partial charge is 0.243 e. The average molecular weight is 547 g/mol. The predicted octanol–water partition coefficient (Wildman–Crippen LogP) is 2.09. The van der Waals surface area contributed by atoms with E-state index in [0.717, 1.165) is 18.8 Å². The molecule has 0 aliphatic carbocycles. The number of halogens is 1. The van der Waals surface area contributed by atoms with Gasteiger partial charge in [-0.25, -0.2) is 13.4 Å². The molecule has 1 aliphatic heterocycles. The first-order valence-electron chi connectivity index (χ1n) is 9.82. The highest BCUT2D eigenvalue weighted by Gasteiger charge is 2.29. The summed E-state index contributed by atoms with van der Waals surface area (Å²) in [6, 6.07) is 10.8. The van der Waals surface area contributed by atoms with Crippen molar-refractivity contribution < 1.29 is 12.8 Å². The maximum absolute atomic E-state index is 13.2. The van der Waals surface area contributed by atoms with Crippen LogP contribution in [0.1, 0.15) is 18.2 Å². The highest BCUT2D eigenvalue weighted by atomic mass is 127. The van der Waals surface area contributed by atoms with Crippen LogP contribution in [0.4, 0.5) is 0 Å². The fourth-order valence-electron chi connectivity index (χ4n) is 3.14. The van der Waals surface area contributed by atoms with Crippen LogP contribution in [0, 0.1) is 0 Å². The Morgan fingerprint density at radius 3 is 2.50 bits per heavy atom. The van der Waals surface area contributed by atoms with Crippen LogP contribution in [0.5, 0.6) is 0 Å². The van der Waals surface area contributed by atoms with Gasteiger partial charge in [-0.2, -0.15) is 4.31 Å². The van der Waals surface area contributed by atoms with Gasteiger partial charge in [0.25, 0.3) is 0 Å². The maximum atomic E-state index is 13.2. The van der Waals surface area contributed by atoms with Gasteiger partial charge in [-0.15, -0.1) is 24.0 Å². The molecule has 1 saturated heterocycles. The quantitative estimate of drug-likeness (QED) is 0.314. The van der Waals surface area contributed by atoms with Crippen molar-refractivity contribution in [3.8, 4) is 0 Å². The molecule has 0 spiro atoms. The third-order valence-electron chi connectivity index (χ3n) is 4.81. The third kappa shape index (κ3) is 6.43. The minimum Gasteiger partial charge on any atom is -0.467 e. The number of hydrogen-bond acceptors (Lipinski definition) is 5. The summed E-state index contributed by atoms with van der Waals surface area (Å²) >= 11 is 0. The number of hydrogen-bond donors (Lipinski definition) is 2. The molecule has 1 aromatic carbocycles. The third-order valence-corrected chi connectivity index (χ3v) is 6.81. The van der Waals surface area contributed by atoms with E-state index in [1.54, 1.807) is 22.7 Å². The Kier molecular flexibility index (Phi) is 9.59. The lowest BCUT2D eigenvalue weighted by Gasteiger charge is -2.32. The second-order valence-corrected chi connectivity index (χ2v) is 8.85. The van der Waals surface area contributed by atoms with E-state index in [1.165, 1.54) is 0 Å². The van der Waals surface area contributed by atoms with Crippen LogP contribution >= 0.6 is 24.0 Å². The van der Waals surface area contributed by atoms with E-state index < -0.39 is 10.0 Å². The van der Waals surface area contributed by atoms with Gasteiger partial charge in [0.1, 0.15) is 5.76 Å². The number of aliphatic imine (C=N–C) groups is 1. The number of nitrogens with one attached hydrogen (secondary N) is 2. The second-order valence-electron chi connectivity index (χ2n) is 6.94. The maximum Gasteiger partial charge on any atom is 0.243 e. The van der Waals surface area contributed by atoms with E-state index in [9.17, 15) is 8.42 Å². The van der Waals surface area contributed by atoms with Crippen molar-refractivity contribution in [2.24, 2.45) is 4.99 Å². The minimum atomic E-state index is -3.54. The molecule has 2 aromatic rings. The summed E-state index contributed by atoms with van der Waals surface area (Å²) in [5.41, 5.74) is 0.682. The number of sulfonamides is 1. The Hall–Kier alpha value is -1.63. The molecule has 0 saturated carbocycles. The molecule has 3 rings (SSSR count). The monoisotopic (exact) mass is 547 g/mol. The summed E-state index contributed by atoms with van der Waals surface area (Å²) in [4.78, 5) is 7.04. The van der Waals surface area contributed by atoms with Gasteiger partial charge in [0, 0.05) is 32.7 Å². The van der Waals surface area contributed by atoms with E-state index in [4.69, 9.17) is 4.42 Å². The molecule has 8 nitrogen and oxygen atoms in total. The molecule has 30 heavy (non-hydrogen) atoms. The molecule has 2 heterocycles. The number of likely N-dealkylation sites (N-methyl/N-ethyl adjacent to an activating group) is 1. The molecule has 1 aliphatic rings. The number of rotatable bonds is 7. The van der Waals surface area contributed by atoms with Crippen LogP contribution < -0.4 is 10.6 Å². The molecule has 1 aromatic heterocycles. The minimum absolute atomic E-state index is 0. The molecule has 0 radical (unpaired) electrons. The van der Waals surface area contributed by atoms with Crippen molar-refractivity contribution in [3.05, 3.63) is 54.0 Å². The van der Waals surface area contributed by atoms with Gasteiger partial charge in [-0.05, 0) is 37.7 Å². The average Bonchev–Trinajstić information content (AvgIpc) is 3.24. The number of piperazine rings is 1. The lowest BCUT2D eigenvalue weighted by molar-refractivity contribution is 0.222. The summed E-state index contributed by atoms with van der Waals surface area (Å²) in [6.45, 7) is 5.92. The van der Waals surface area contributed by atoms with Crippen LogP contribution in [0.25, 0.3) is 0 Å². The van der Waals surface area contributed by atoms with Crippen LogP contribution in [0.15, 0.2) is 57.0 Å². The van der Waals surface area contributed by atoms with E-state index in [0.29, 0.717) is 42.6 Å². The molecule has 166 valence electrons. The summed E-state index contributed by atoms with van der Waals surface area (Å²) in [7, 11) is -1.54. The Balaban J connectivity index is 0.00000320. The second kappa shape index (κ2) is 11.7. The first kappa shape index (κ1) is 24.6. The zero-order chi connectivity index (χ0) is 20.7. The van der Waals surface area contributed by atoms with Crippen molar-refractivity contribution in [1.29, 1.82) is 0 Å². The van der Waals surface area contributed by atoms with Crippen LogP contribution in [0.2, 0.25) is 0 Å². The molecule has 10 heteroatoms. The lowest BCUT2D eigenvalue weighted by Crippen LogP contribution is -2.47.